The molecule has 4 aromatic rings. The number of anilines is 1. The van der Waals surface area contributed by atoms with E-state index in [-0.39, 0.29) is 12.3 Å². The highest BCUT2D eigenvalue weighted by atomic mass is 32.1. The van der Waals surface area contributed by atoms with Gasteiger partial charge in [-0.2, -0.15) is 0 Å². The van der Waals surface area contributed by atoms with Crippen molar-refractivity contribution in [1.29, 1.82) is 0 Å². The monoisotopic (exact) mass is 417 g/mol. The fraction of sp³-hybridized carbons (Fsp3) is 0.208. The lowest BCUT2D eigenvalue weighted by Gasteiger charge is -2.19. The first kappa shape index (κ1) is 20.0. The third-order valence-electron chi connectivity index (χ3n) is 4.71. The highest BCUT2D eigenvalue weighted by Crippen LogP contribution is 2.33. The molecular weight excluding hydrogens is 394 g/mol. The maximum atomic E-state index is 13.2. The first-order valence-corrected chi connectivity index (χ1v) is 10.7. The summed E-state index contributed by atoms with van der Waals surface area (Å²) in [7, 11) is 0. The molecule has 5 nitrogen and oxygen atoms in total. The molecule has 0 fully saturated rings. The van der Waals surface area contributed by atoms with Gasteiger partial charge in [-0.3, -0.25) is 14.7 Å². The van der Waals surface area contributed by atoms with Crippen LogP contribution in [0, 0.1) is 13.8 Å². The Kier molecular flexibility index (Phi) is 6.05. The van der Waals surface area contributed by atoms with E-state index < -0.39 is 0 Å². The Balaban J connectivity index is 1.57. The van der Waals surface area contributed by atoms with Crippen molar-refractivity contribution in [3.05, 3.63) is 83.7 Å². The summed E-state index contributed by atoms with van der Waals surface area (Å²) in [5, 5.41) is 0.689. The van der Waals surface area contributed by atoms with Gasteiger partial charge in [-0.1, -0.05) is 41.7 Å². The minimum atomic E-state index is -0.0370. The average Bonchev–Trinajstić information content (AvgIpc) is 3.17. The molecule has 4 rings (SSSR count). The number of pyridine rings is 1. The zero-order chi connectivity index (χ0) is 20.9. The molecule has 0 saturated heterocycles. The summed E-state index contributed by atoms with van der Waals surface area (Å²) in [4.78, 5) is 24.0. The Morgan fingerprint density at radius 2 is 1.87 bits per heavy atom. The predicted octanol–water partition coefficient (Wildman–Crippen LogP) is 5.31. The van der Waals surface area contributed by atoms with Gasteiger partial charge in [0.15, 0.2) is 5.13 Å². The second kappa shape index (κ2) is 9.05. The number of rotatable bonds is 7. The maximum absolute atomic E-state index is 13.2. The van der Waals surface area contributed by atoms with Crippen molar-refractivity contribution in [3.63, 3.8) is 0 Å². The number of aromatic nitrogens is 2. The van der Waals surface area contributed by atoms with Crippen LogP contribution in [0.1, 0.15) is 23.2 Å². The standard InChI is InChI=1S/C24H23N3O2S/c1-17-14-18(2)23-21(15-17)26-24(30-23)27(16-19-8-6-7-12-25-19)22(28)11-13-29-20-9-4-3-5-10-20/h3-10,12,14-15H,11,13,16H2,1-2H3. The van der Waals surface area contributed by atoms with E-state index >= 15 is 0 Å². The number of fused-ring (bicyclic) bond motifs is 1. The fourth-order valence-electron chi connectivity index (χ4n) is 3.30. The fourth-order valence-corrected chi connectivity index (χ4v) is 4.34. The number of carbonyl (C=O) groups excluding carboxylic acids is 1. The number of aryl methyl sites for hydroxylation is 2. The van der Waals surface area contributed by atoms with Gasteiger partial charge in [-0.05, 0) is 55.3 Å². The number of thiazole rings is 1. The molecule has 6 heteroatoms. The van der Waals surface area contributed by atoms with Crippen molar-refractivity contribution in [2.24, 2.45) is 0 Å². The van der Waals surface area contributed by atoms with Gasteiger partial charge in [0.1, 0.15) is 5.75 Å². The van der Waals surface area contributed by atoms with E-state index in [0.29, 0.717) is 18.3 Å². The minimum absolute atomic E-state index is 0.0370. The summed E-state index contributed by atoms with van der Waals surface area (Å²) >= 11 is 1.54. The van der Waals surface area contributed by atoms with E-state index in [1.807, 2.05) is 48.5 Å². The summed E-state index contributed by atoms with van der Waals surface area (Å²) in [6.45, 7) is 4.83. The molecule has 0 aliphatic rings. The number of carbonyl (C=O) groups is 1. The second-order valence-electron chi connectivity index (χ2n) is 7.14. The van der Waals surface area contributed by atoms with Crippen LogP contribution >= 0.6 is 11.3 Å². The molecule has 2 aromatic heterocycles. The van der Waals surface area contributed by atoms with Crippen molar-refractivity contribution < 1.29 is 9.53 Å². The third-order valence-corrected chi connectivity index (χ3v) is 5.94. The Morgan fingerprint density at radius 3 is 2.63 bits per heavy atom. The molecule has 0 spiro atoms. The number of ether oxygens (including phenoxy) is 1. The van der Waals surface area contributed by atoms with Crippen LogP contribution in [0.15, 0.2) is 66.9 Å². The highest BCUT2D eigenvalue weighted by molar-refractivity contribution is 7.22. The normalized spacial score (nSPS) is 10.9. The molecule has 0 atom stereocenters. The second-order valence-corrected chi connectivity index (χ2v) is 8.12. The molecule has 0 saturated carbocycles. The molecule has 30 heavy (non-hydrogen) atoms. The summed E-state index contributed by atoms with van der Waals surface area (Å²) in [6, 6.07) is 19.4. The lowest BCUT2D eigenvalue weighted by Crippen LogP contribution is -2.31. The quantitative estimate of drug-likeness (QED) is 0.409. The zero-order valence-corrected chi connectivity index (χ0v) is 17.9. The topological polar surface area (TPSA) is 55.3 Å². The van der Waals surface area contributed by atoms with E-state index in [0.717, 1.165) is 27.2 Å². The molecule has 0 bridgehead atoms. The van der Waals surface area contributed by atoms with Crippen LogP contribution in [0.4, 0.5) is 5.13 Å². The van der Waals surface area contributed by atoms with Gasteiger partial charge in [0.25, 0.3) is 0 Å². The largest absolute Gasteiger partial charge is 0.493 e. The molecule has 2 heterocycles. The number of amides is 1. The summed E-state index contributed by atoms with van der Waals surface area (Å²) in [5.41, 5.74) is 4.08. The van der Waals surface area contributed by atoms with Crippen molar-refractivity contribution in [1.82, 2.24) is 9.97 Å². The van der Waals surface area contributed by atoms with Crippen LogP contribution in [0.3, 0.4) is 0 Å². The average molecular weight is 418 g/mol. The SMILES string of the molecule is Cc1cc(C)c2sc(N(Cc3ccccn3)C(=O)CCOc3ccccc3)nc2c1. The van der Waals surface area contributed by atoms with E-state index in [9.17, 15) is 4.79 Å². The molecule has 0 unspecified atom stereocenters. The Morgan fingerprint density at radius 1 is 1.07 bits per heavy atom. The molecular formula is C24H23N3O2S. The summed E-state index contributed by atoms with van der Waals surface area (Å²) in [5.74, 6) is 0.720. The van der Waals surface area contributed by atoms with E-state index in [2.05, 4.69) is 31.0 Å². The van der Waals surface area contributed by atoms with E-state index in [4.69, 9.17) is 9.72 Å². The van der Waals surface area contributed by atoms with Crippen LogP contribution in [-0.2, 0) is 11.3 Å². The summed E-state index contributed by atoms with van der Waals surface area (Å²) in [6.07, 6.45) is 2.00. The molecule has 0 N–H and O–H groups in total. The van der Waals surface area contributed by atoms with Gasteiger partial charge in [-0.25, -0.2) is 4.98 Å². The van der Waals surface area contributed by atoms with Crippen molar-refractivity contribution in [2.75, 3.05) is 11.5 Å². The highest BCUT2D eigenvalue weighted by Gasteiger charge is 2.21. The Labute approximate surface area is 180 Å². The lowest BCUT2D eigenvalue weighted by atomic mass is 10.1. The number of nitrogens with zero attached hydrogens (tertiary/aromatic N) is 3. The van der Waals surface area contributed by atoms with Crippen molar-refractivity contribution in [3.8, 4) is 5.75 Å². The molecule has 0 aliphatic carbocycles. The van der Waals surface area contributed by atoms with Gasteiger partial charge in [-0.15, -0.1) is 0 Å². The Hall–Kier alpha value is -3.25. The smallest absolute Gasteiger partial charge is 0.232 e. The van der Waals surface area contributed by atoms with Crippen LogP contribution in [-0.4, -0.2) is 22.5 Å². The van der Waals surface area contributed by atoms with Gasteiger partial charge in [0.05, 0.1) is 35.5 Å². The molecule has 0 aliphatic heterocycles. The minimum Gasteiger partial charge on any atom is -0.493 e. The van der Waals surface area contributed by atoms with E-state index in [1.54, 1.807) is 22.4 Å². The third kappa shape index (κ3) is 4.66. The van der Waals surface area contributed by atoms with Crippen molar-refractivity contribution in [2.45, 2.75) is 26.8 Å². The van der Waals surface area contributed by atoms with Gasteiger partial charge < -0.3 is 4.74 Å². The predicted molar refractivity (Wildman–Crippen MR) is 121 cm³/mol. The number of hydrogen-bond acceptors (Lipinski definition) is 5. The number of hydrogen-bond donors (Lipinski definition) is 0. The van der Waals surface area contributed by atoms with E-state index in [1.165, 1.54) is 5.56 Å². The molecule has 1 amide bonds. The molecule has 152 valence electrons. The van der Waals surface area contributed by atoms with Crippen molar-refractivity contribution >= 4 is 32.6 Å². The van der Waals surface area contributed by atoms with Crippen LogP contribution in [0.25, 0.3) is 10.2 Å². The molecule has 2 aromatic carbocycles. The maximum Gasteiger partial charge on any atom is 0.232 e. The first-order valence-electron chi connectivity index (χ1n) is 9.86. The van der Waals surface area contributed by atoms with Gasteiger partial charge in [0, 0.05) is 6.20 Å². The first-order chi connectivity index (χ1) is 14.6. The van der Waals surface area contributed by atoms with Gasteiger partial charge in [0.2, 0.25) is 5.91 Å². The summed E-state index contributed by atoms with van der Waals surface area (Å²) < 4.78 is 6.83. The van der Waals surface area contributed by atoms with Crippen LogP contribution in [0.2, 0.25) is 0 Å². The number of para-hydroxylation sites is 1. The lowest BCUT2D eigenvalue weighted by molar-refractivity contribution is -0.119. The molecule has 0 radical (unpaired) electrons. The van der Waals surface area contributed by atoms with Crippen LogP contribution < -0.4 is 9.64 Å². The Bertz CT molecular complexity index is 1140. The zero-order valence-electron chi connectivity index (χ0n) is 17.0. The van der Waals surface area contributed by atoms with Crippen LogP contribution in [0.5, 0.6) is 5.75 Å². The number of benzene rings is 2. The van der Waals surface area contributed by atoms with Gasteiger partial charge >= 0.3 is 0 Å².